The Balaban J connectivity index is 4.71. The van der Waals surface area contributed by atoms with Crippen LogP contribution in [0.15, 0.2) is 0 Å². The molecule has 2 unspecified atom stereocenters. The van der Waals surface area contributed by atoms with Crippen molar-refractivity contribution in [3.8, 4) is 0 Å². The van der Waals surface area contributed by atoms with Gasteiger partial charge in [0.05, 0.1) is 0 Å². The van der Waals surface area contributed by atoms with E-state index in [0.717, 1.165) is 12.8 Å². The van der Waals surface area contributed by atoms with Gasteiger partial charge in [0, 0.05) is 12.5 Å². The van der Waals surface area contributed by atoms with Crippen LogP contribution in [0.5, 0.6) is 0 Å². The monoisotopic (exact) mass is 216 g/mol. The topological polar surface area (TPSA) is 29.5 Å². The highest BCUT2D eigenvalue weighted by Gasteiger charge is 2.43. The van der Waals surface area contributed by atoms with Crippen molar-refractivity contribution in [2.75, 3.05) is 7.11 Å². The highest BCUT2D eigenvalue weighted by Crippen LogP contribution is 2.45. The molecule has 0 rings (SSSR count). The van der Waals surface area contributed by atoms with Crippen LogP contribution in [0.1, 0.15) is 54.4 Å². The molecule has 0 saturated heterocycles. The molecule has 0 radical (unpaired) electrons. The summed E-state index contributed by atoms with van der Waals surface area (Å²) in [5.74, 6) is 0.663. The molecule has 2 atom stereocenters. The van der Waals surface area contributed by atoms with Crippen molar-refractivity contribution in [1.29, 1.82) is 0 Å². The number of rotatable bonds is 5. The highest BCUT2D eigenvalue weighted by molar-refractivity contribution is 4.89. The van der Waals surface area contributed by atoms with E-state index in [1.807, 2.05) is 0 Å². The summed E-state index contributed by atoms with van der Waals surface area (Å²) in [6.07, 6.45) is 1.42. The van der Waals surface area contributed by atoms with Crippen molar-refractivity contribution in [3.63, 3.8) is 0 Å². The summed E-state index contributed by atoms with van der Waals surface area (Å²) < 4.78 is 5.13. The molecule has 92 valence electrons. The molecule has 0 spiro atoms. The van der Waals surface area contributed by atoms with Crippen molar-refractivity contribution in [1.82, 2.24) is 0 Å². The molecule has 0 amide bonds. The van der Waals surface area contributed by atoms with E-state index in [1.54, 1.807) is 7.11 Å². The Morgan fingerprint density at radius 3 is 1.87 bits per heavy atom. The smallest absolute Gasteiger partial charge is 0.160 e. The van der Waals surface area contributed by atoms with E-state index in [1.165, 1.54) is 0 Å². The lowest BCUT2D eigenvalue weighted by Crippen LogP contribution is -2.44. The molecule has 0 saturated carbocycles. The Kier molecular flexibility index (Phi) is 5.28. The summed E-state index contributed by atoms with van der Waals surface area (Å²) in [7, 11) is 1.57. The third kappa shape index (κ3) is 3.76. The van der Waals surface area contributed by atoms with Crippen LogP contribution < -0.4 is 0 Å². The van der Waals surface area contributed by atoms with Crippen molar-refractivity contribution >= 4 is 0 Å². The SMILES string of the molecule is COC(O)C(C)(CCC(C)C)C(C)(C)C. The Morgan fingerprint density at radius 1 is 1.13 bits per heavy atom. The maximum Gasteiger partial charge on any atom is 0.160 e. The number of hydrogen-bond acceptors (Lipinski definition) is 2. The molecular formula is C13H28O2. The normalized spacial score (nSPS) is 19.0. The molecule has 2 nitrogen and oxygen atoms in total. The van der Waals surface area contributed by atoms with Gasteiger partial charge in [-0.3, -0.25) is 0 Å². The predicted molar refractivity (Wildman–Crippen MR) is 64.6 cm³/mol. The van der Waals surface area contributed by atoms with Gasteiger partial charge in [0.2, 0.25) is 0 Å². The minimum atomic E-state index is -0.684. The number of aliphatic hydroxyl groups is 1. The summed E-state index contributed by atoms with van der Waals surface area (Å²) in [5.41, 5.74) is -0.149. The first kappa shape index (κ1) is 14.9. The Labute approximate surface area is 95.0 Å². The fourth-order valence-electron chi connectivity index (χ4n) is 1.72. The lowest BCUT2D eigenvalue weighted by Gasteiger charge is -2.45. The summed E-state index contributed by atoms with van der Waals surface area (Å²) in [4.78, 5) is 0. The molecule has 1 N–H and O–H groups in total. The van der Waals surface area contributed by atoms with Gasteiger partial charge in [-0.2, -0.15) is 0 Å². The number of hydrogen-bond donors (Lipinski definition) is 1. The quantitative estimate of drug-likeness (QED) is 0.713. The molecule has 0 aliphatic heterocycles. The van der Waals surface area contributed by atoms with Crippen LogP contribution in [-0.4, -0.2) is 18.5 Å². The Bertz CT molecular complexity index is 181. The van der Waals surface area contributed by atoms with Crippen LogP contribution in [-0.2, 0) is 4.74 Å². The standard InChI is InChI=1S/C13H28O2/c1-10(2)8-9-13(6,11(14)15-7)12(3,4)5/h10-11,14H,8-9H2,1-7H3. The molecule has 0 aliphatic carbocycles. The zero-order valence-electron chi connectivity index (χ0n) is 11.4. The second-order valence-corrected chi connectivity index (χ2v) is 6.19. The first-order valence-corrected chi connectivity index (χ1v) is 5.86. The molecule has 0 aromatic heterocycles. The van der Waals surface area contributed by atoms with Crippen molar-refractivity contribution < 1.29 is 9.84 Å². The van der Waals surface area contributed by atoms with Gasteiger partial charge in [0.1, 0.15) is 0 Å². The fraction of sp³-hybridized carbons (Fsp3) is 1.00. The van der Waals surface area contributed by atoms with Crippen molar-refractivity contribution in [3.05, 3.63) is 0 Å². The van der Waals surface area contributed by atoms with Crippen LogP contribution in [0, 0.1) is 16.7 Å². The minimum Gasteiger partial charge on any atom is -0.367 e. The first-order valence-electron chi connectivity index (χ1n) is 5.86. The number of aliphatic hydroxyl groups excluding tert-OH is 1. The van der Waals surface area contributed by atoms with Gasteiger partial charge in [-0.15, -0.1) is 0 Å². The van der Waals surface area contributed by atoms with Gasteiger partial charge in [-0.1, -0.05) is 48.0 Å². The second-order valence-electron chi connectivity index (χ2n) is 6.19. The van der Waals surface area contributed by atoms with E-state index in [2.05, 4.69) is 41.5 Å². The van der Waals surface area contributed by atoms with Gasteiger partial charge in [-0.25, -0.2) is 0 Å². The maximum absolute atomic E-state index is 10.0. The van der Waals surface area contributed by atoms with Crippen LogP contribution in [0.25, 0.3) is 0 Å². The molecule has 0 aromatic rings. The van der Waals surface area contributed by atoms with Gasteiger partial charge in [0.15, 0.2) is 6.29 Å². The molecule has 0 bridgehead atoms. The van der Waals surface area contributed by atoms with E-state index >= 15 is 0 Å². The van der Waals surface area contributed by atoms with E-state index in [4.69, 9.17) is 4.74 Å². The van der Waals surface area contributed by atoms with Crippen molar-refractivity contribution in [2.45, 2.75) is 60.7 Å². The third-order valence-corrected chi connectivity index (χ3v) is 3.72. The minimum absolute atomic E-state index is 0.0390. The molecule has 2 heteroatoms. The van der Waals surface area contributed by atoms with E-state index in [9.17, 15) is 5.11 Å². The van der Waals surface area contributed by atoms with Crippen molar-refractivity contribution in [2.24, 2.45) is 16.7 Å². The number of ether oxygens (including phenoxy) is 1. The lowest BCUT2D eigenvalue weighted by atomic mass is 9.64. The summed E-state index contributed by atoms with van der Waals surface area (Å²) in [5, 5.41) is 10.0. The molecule has 0 fully saturated rings. The summed E-state index contributed by atoms with van der Waals surface area (Å²) in [6.45, 7) is 13.0. The van der Waals surface area contributed by atoms with E-state index < -0.39 is 6.29 Å². The zero-order valence-corrected chi connectivity index (χ0v) is 11.4. The molecule has 0 aliphatic rings. The van der Waals surface area contributed by atoms with E-state index in [0.29, 0.717) is 5.92 Å². The maximum atomic E-state index is 10.0. The second kappa shape index (κ2) is 5.31. The van der Waals surface area contributed by atoms with Crippen LogP contribution >= 0.6 is 0 Å². The predicted octanol–water partition coefficient (Wildman–Crippen LogP) is 3.44. The van der Waals surface area contributed by atoms with E-state index in [-0.39, 0.29) is 10.8 Å². The lowest BCUT2D eigenvalue weighted by molar-refractivity contribution is -0.191. The highest BCUT2D eigenvalue weighted by atomic mass is 16.6. The summed E-state index contributed by atoms with van der Waals surface area (Å²) in [6, 6.07) is 0. The number of methoxy groups -OCH3 is 1. The zero-order chi connectivity index (χ0) is 12.3. The van der Waals surface area contributed by atoms with Gasteiger partial charge in [0.25, 0.3) is 0 Å². The molecule has 0 aromatic carbocycles. The largest absolute Gasteiger partial charge is 0.367 e. The van der Waals surface area contributed by atoms with Gasteiger partial charge in [-0.05, 0) is 17.8 Å². The van der Waals surface area contributed by atoms with Gasteiger partial charge < -0.3 is 9.84 Å². The van der Waals surface area contributed by atoms with Crippen LogP contribution in [0.2, 0.25) is 0 Å². The molecular weight excluding hydrogens is 188 g/mol. The Morgan fingerprint density at radius 2 is 1.60 bits per heavy atom. The van der Waals surface area contributed by atoms with Crippen LogP contribution in [0.4, 0.5) is 0 Å². The molecule has 0 heterocycles. The Hall–Kier alpha value is -0.0800. The first-order chi connectivity index (χ1) is 6.65. The fourth-order valence-corrected chi connectivity index (χ4v) is 1.72. The van der Waals surface area contributed by atoms with Crippen LogP contribution in [0.3, 0.4) is 0 Å². The average molecular weight is 216 g/mol. The third-order valence-electron chi connectivity index (χ3n) is 3.72. The molecule has 15 heavy (non-hydrogen) atoms. The average Bonchev–Trinajstić information content (AvgIpc) is 2.10. The summed E-state index contributed by atoms with van der Waals surface area (Å²) >= 11 is 0. The van der Waals surface area contributed by atoms with Gasteiger partial charge >= 0.3 is 0 Å².